The number of furan rings is 1. The Kier molecular flexibility index (Phi) is 5.54. The Hall–Kier alpha value is -3.93. The van der Waals surface area contributed by atoms with Crippen LogP contribution in [0.4, 0.5) is 10.1 Å². The SMILES string of the molecule is Cc1cccc(OCC(=O)Nc2c(C(=O)c3ccc(F)cc3)oc3ccccc23)c1C. The summed E-state index contributed by atoms with van der Waals surface area (Å²) in [6.45, 7) is 3.66. The Morgan fingerprint density at radius 2 is 1.71 bits per heavy atom. The number of hydrogen-bond donors (Lipinski definition) is 1. The summed E-state index contributed by atoms with van der Waals surface area (Å²) in [5.74, 6) is -0.733. The third-order valence-corrected chi connectivity index (χ3v) is 5.09. The fraction of sp³-hybridized carbons (Fsp3) is 0.120. The van der Waals surface area contributed by atoms with Gasteiger partial charge in [-0.3, -0.25) is 9.59 Å². The van der Waals surface area contributed by atoms with E-state index in [1.54, 1.807) is 30.3 Å². The van der Waals surface area contributed by atoms with E-state index in [0.717, 1.165) is 11.1 Å². The predicted octanol–water partition coefficient (Wildman–Crippen LogP) is 5.44. The van der Waals surface area contributed by atoms with E-state index in [0.29, 0.717) is 16.7 Å². The summed E-state index contributed by atoms with van der Waals surface area (Å²) in [6, 6.07) is 17.8. The highest BCUT2D eigenvalue weighted by Gasteiger charge is 2.23. The van der Waals surface area contributed by atoms with Crippen molar-refractivity contribution in [3.05, 3.63) is 95.0 Å². The zero-order valence-corrected chi connectivity index (χ0v) is 17.1. The molecule has 31 heavy (non-hydrogen) atoms. The molecule has 0 aliphatic carbocycles. The lowest BCUT2D eigenvalue weighted by atomic mass is 10.1. The zero-order chi connectivity index (χ0) is 22.0. The molecule has 1 heterocycles. The van der Waals surface area contributed by atoms with Crippen LogP contribution in [-0.4, -0.2) is 18.3 Å². The third kappa shape index (κ3) is 4.19. The van der Waals surface area contributed by atoms with E-state index in [-0.39, 0.29) is 23.6 Å². The number of para-hydroxylation sites is 1. The fourth-order valence-corrected chi connectivity index (χ4v) is 3.26. The molecule has 0 aliphatic heterocycles. The van der Waals surface area contributed by atoms with Gasteiger partial charge in [-0.1, -0.05) is 24.3 Å². The second kappa shape index (κ2) is 8.44. The molecule has 0 saturated heterocycles. The summed E-state index contributed by atoms with van der Waals surface area (Å²) in [5, 5.41) is 3.34. The second-order valence-electron chi connectivity index (χ2n) is 7.17. The van der Waals surface area contributed by atoms with Crippen molar-refractivity contribution in [2.24, 2.45) is 0 Å². The van der Waals surface area contributed by atoms with E-state index in [2.05, 4.69) is 5.32 Å². The maximum Gasteiger partial charge on any atom is 0.262 e. The monoisotopic (exact) mass is 417 g/mol. The highest BCUT2D eigenvalue weighted by atomic mass is 19.1. The molecule has 0 spiro atoms. The van der Waals surface area contributed by atoms with Crippen LogP contribution in [0.15, 0.2) is 71.1 Å². The van der Waals surface area contributed by atoms with Gasteiger partial charge in [0.05, 0.1) is 5.69 Å². The summed E-state index contributed by atoms with van der Waals surface area (Å²) in [7, 11) is 0. The van der Waals surface area contributed by atoms with Crippen molar-refractivity contribution >= 4 is 28.3 Å². The van der Waals surface area contributed by atoms with Crippen LogP contribution in [0.2, 0.25) is 0 Å². The fourth-order valence-electron chi connectivity index (χ4n) is 3.26. The van der Waals surface area contributed by atoms with E-state index in [1.807, 2.05) is 26.0 Å². The van der Waals surface area contributed by atoms with Gasteiger partial charge in [0, 0.05) is 10.9 Å². The van der Waals surface area contributed by atoms with Crippen LogP contribution < -0.4 is 10.1 Å². The molecule has 4 rings (SSSR count). The average Bonchev–Trinajstić information content (AvgIpc) is 3.13. The van der Waals surface area contributed by atoms with Crippen LogP contribution in [0.3, 0.4) is 0 Å². The van der Waals surface area contributed by atoms with Crippen LogP contribution in [-0.2, 0) is 4.79 Å². The van der Waals surface area contributed by atoms with Gasteiger partial charge in [-0.05, 0) is 67.4 Å². The van der Waals surface area contributed by atoms with Gasteiger partial charge < -0.3 is 14.5 Å². The summed E-state index contributed by atoms with van der Waals surface area (Å²) in [4.78, 5) is 25.6. The smallest absolute Gasteiger partial charge is 0.262 e. The standard InChI is InChI=1S/C25H20FNO4/c1-15-6-5-9-20(16(15)2)30-14-22(28)27-23-19-7-3-4-8-21(19)31-25(23)24(29)17-10-12-18(26)13-11-17/h3-13H,14H2,1-2H3,(H,27,28). The summed E-state index contributed by atoms with van der Waals surface area (Å²) < 4.78 is 24.7. The molecule has 0 aliphatic rings. The van der Waals surface area contributed by atoms with Crippen LogP contribution in [0.25, 0.3) is 11.0 Å². The molecule has 4 aromatic rings. The molecule has 0 unspecified atom stereocenters. The van der Waals surface area contributed by atoms with Gasteiger partial charge in [0.25, 0.3) is 5.91 Å². The first-order valence-corrected chi connectivity index (χ1v) is 9.74. The van der Waals surface area contributed by atoms with Crippen LogP contribution in [0.5, 0.6) is 5.75 Å². The number of carbonyl (C=O) groups excluding carboxylic acids is 2. The van der Waals surface area contributed by atoms with Gasteiger partial charge in [0.15, 0.2) is 12.4 Å². The van der Waals surface area contributed by atoms with Crippen LogP contribution >= 0.6 is 0 Å². The number of carbonyl (C=O) groups is 2. The lowest BCUT2D eigenvalue weighted by Gasteiger charge is -2.11. The molecule has 0 bridgehead atoms. The van der Waals surface area contributed by atoms with Crippen LogP contribution in [0, 0.1) is 19.7 Å². The average molecular weight is 417 g/mol. The number of fused-ring (bicyclic) bond motifs is 1. The largest absolute Gasteiger partial charge is 0.483 e. The van der Waals surface area contributed by atoms with E-state index in [9.17, 15) is 14.0 Å². The van der Waals surface area contributed by atoms with Crippen molar-refractivity contribution in [1.82, 2.24) is 0 Å². The first-order chi connectivity index (χ1) is 14.9. The first kappa shape index (κ1) is 20.3. The molecular weight excluding hydrogens is 397 g/mol. The summed E-state index contributed by atoms with van der Waals surface area (Å²) >= 11 is 0. The molecule has 6 heteroatoms. The van der Waals surface area contributed by atoms with Gasteiger partial charge in [0.1, 0.15) is 17.1 Å². The number of amides is 1. The Morgan fingerprint density at radius 3 is 2.48 bits per heavy atom. The normalized spacial score (nSPS) is 10.8. The number of nitrogens with one attached hydrogen (secondary N) is 1. The third-order valence-electron chi connectivity index (χ3n) is 5.09. The molecule has 0 fully saturated rings. The number of ketones is 1. The van der Waals surface area contributed by atoms with Crippen molar-refractivity contribution in [3.63, 3.8) is 0 Å². The molecule has 0 saturated carbocycles. The Bertz CT molecular complexity index is 1270. The zero-order valence-electron chi connectivity index (χ0n) is 17.1. The minimum atomic E-state index is -0.457. The number of rotatable bonds is 6. The summed E-state index contributed by atoms with van der Waals surface area (Å²) in [6.07, 6.45) is 0. The van der Waals surface area contributed by atoms with E-state index < -0.39 is 17.5 Å². The number of halogens is 1. The quantitative estimate of drug-likeness (QED) is 0.424. The number of aryl methyl sites for hydroxylation is 1. The van der Waals surface area contributed by atoms with Gasteiger partial charge >= 0.3 is 0 Å². The number of ether oxygens (including phenoxy) is 1. The molecule has 0 radical (unpaired) electrons. The summed E-state index contributed by atoms with van der Waals surface area (Å²) in [5.41, 5.74) is 2.99. The minimum absolute atomic E-state index is 0.0205. The topological polar surface area (TPSA) is 68.5 Å². The van der Waals surface area contributed by atoms with Gasteiger partial charge in [0.2, 0.25) is 5.78 Å². The van der Waals surface area contributed by atoms with Crippen molar-refractivity contribution in [2.75, 3.05) is 11.9 Å². The molecule has 0 atom stereocenters. The van der Waals surface area contributed by atoms with E-state index in [4.69, 9.17) is 9.15 Å². The van der Waals surface area contributed by atoms with Gasteiger partial charge in [-0.25, -0.2) is 4.39 Å². The Balaban J connectivity index is 1.61. The lowest BCUT2D eigenvalue weighted by molar-refractivity contribution is -0.118. The highest BCUT2D eigenvalue weighted by molar-refractivity contribution is 6.17. The maximum absolute atomic E-state index is 13.2. The first-order valence-electron chi connectivity index (χ1n) is 9.74. The maximum atomic E-state index is 13.2. The lowest BCUT2D eigenvalue weighted by Crippen LogP contribution is -2.21. The van der Waals surface area contributed by atoms with E-state index >= 15 is 0 Å². The molecule has 1 amide bonds. The molecule has 3 aromatic carbocycles. The van der Waals surface area contributed by atoms with Crippen molar-refractivity contribution in [2.45, 2.75) is 13.8 Å². The Morgan fingerprint density at radius 1 is 0.968 bits per heavy atom. The van der Waals surface area contributed by atoms with Gasteiger partial charge in [-0.15, -0.1) is 0 Å². The molecule has 5 nitrogen and oxygen atoms in total. The minimum Gasteiger partial charge on any atom is -0.483 e. The predicted molar refractivity (Wildman–Crippen MR) is 116 cm³/mol. The van der Waals surface area contributed by atoms with Crippen molar-refractivity contribution in [1.29, 1.82) is 0 Å². The number of benzene rings is 3. The van der Waals surface area contributed by atoms with Crippen LogP contribution in [0.1, 0.15) is 27.2 Å². The number of anilines is 1. The van der Waals surface area contributed by atoms with Gasteiger partial charge in [-0.2, -0.15) is 0 Å². The molecule has 1 aromatic heterocycles. The molecular formula is C25H20FNO4. The number of hydrogen-bond acceptors (Lipinski definition) is 4. The van der Waals surface area contributed by atoms with Crippen molar-refractivity contribution in [3.8, 4) is 5.75 Å². The molecule has 156 valence electrons. The Labute approximate surface area is 178 Å². The second-order valence-corrected chi connectivity index (χ2v) is 7.17. The highest BCUT2D eigenvalue weighted by Crippen LogP contribution is 2.32. The molecule has 1 N–H and O–H groups in total. The van der Waals surface area contributed by atoms with E-state index in [1.165, 1.54) is 24.3 Å². The van der Waals surface area contributed by atoms with Crippen molar-refractivity contribution < 1.29 is 23.1 Å².